The Bertz CT molecular complexity index is 880. The van der Waals surface area contributed by atoms with E-state index >= 15 is 0 Å². The van der Waals surface area contributed by atoms with Gasteiger partial charge in [0.25, 0.3) is 5.91 Å². The number of halogens is 3. The van der Waals surface area contributed by atoms with Gasteiger partial charge < -0.3 is 14.5 Å². The number of anilines is 1. The fourth-order valence-electron chi connectivity index (χ4n) is 4.78. The Hall–Kier alpha value is -2.51. The molecule has 30 heavy (non-hydrogen) atoms. The Morgan fingerprint density at radius 2 is 1.73 bits per heavy atom. The van der Waals surface area contributed by atoms with Gasteiger partial charge in [-0.15, -0.1) is 0 Å². The lowest BCUT2D eigenvalue weighted by atomic mass is 9.78. The number of nitrogens with zero attached hydrogens (tertiary/aromatic N) is 2. The van der Waals surface area contributed by atoms with Crippen molar-refractivity contribution in [3.63, 3.8) is 0 Å². The highest BCUT2D eigenvalue weighted by Crippen LogP contribution is 2.44. The van der Waals surface area contributed by atoms with Crippen LogP contribution < -0.4 is 4.90 Å². The molecule has 1 aromatic rings. The van der Waals surface area contributed by atoms with Gasteiger partial charge in [0, 0.05) is 37.4 Å². The van der Waals surface area contributed by atoms with Crippen LogP contribution in [-0.2, 0) is 20.5 Å². The minimum atomic E-state index is -4.39. The second kappa shape index (κ2) is 7.63. The number of rotatable bonds is 2. The summed E-state index contributed by atoms with van der Waals surface area (Å²) >= 11 is 0. The molecule has 1 saturated heterocycles. The summed E-state index contributed by atoms with van der Waals surface area (Å²) in [7, 11) is 0. The first kappa shape index (κ1) is 20.8. The Labute approximate surface area is 173 Å². The molecule has 4 rings (SSSR count). The van der Waals surface area contributed by atoms with Crippen molar-refractivity contribution in [2.45, 2.75) is 50.8 Å². The Balaban J connectivity index is 1.48. The fraction of sp³-hybridized carbons (Fsp3) is 0.545. The number of benzene rings is 1. The van der Waals surface area contributed by atoms with E-state index < -0.39 is 23.3 Å². The molecule has 1 saturated carbocycles. The molecular weight excluding hydrogens is 397 g/mol. The van der Waals surface area contributed by atoms with Crippen molar-refractivity contribution in [2.75, 3.05) is 31.1 Å². The van der Waals surface area contributed by atoms with Crippen molar-refractivity contribution in [1.29, 1.82) is 0 Å². The minimum Gasteiger partial charge on any atom is -0.451 e. The third-order valence-electron chi connectivity index (χ3n) is 6.41. The van der Waals surface area contributed by atoms with Crippen LogP contribution in [0.25, 0.3) is 0 Å². The minimum absolute atomic E-state index is 0.177. The lowest BCUT2D eigenvalue weighted by molar-refractivity contribution is -0.150. The molecule has 1 spiro atoms. The molecule has 1 aromatic carbocycles. The van der Waals surface area contributed by atoms with Gasteiger partial charge in [-0.3, -0.25) is 4.79 Å². The number of amides is 1. The summed E-state index contributed by atoms with van der Waals surface area (Å²) in [5.41, 5.74) is -0.105. The van der Waals surface area contributed by atoms with Crippen LogP contribution in [0, 0.1) is 0 Å². The quantitative estimate of drug-likeness (QED) is 0.678. The van der Waals surface area contributed by atoms with E-state index in [2.05, 4.69) is 0 Å². The maximum absolute atomic E-state index is 13.3. The average molecular weight is 422 g/mol. The number of carbonyl (C=O) groups excluding carboxylic acids is 2. The lowest BCUT2D eigenvalue weighted by Gasteiger charge is -2.39. The summed E-state index contributed by atoms with van der Waals surface area (Å²) in [5.74, 6) is -0.591. The first-order valence-corrected chi connectivity index (χ1v) is 10.4. The average Bonchev–Trinajstić information content (AvgIpc) is 2.97. The number of ether oxygens (including phenoxy) is 1. The highest BCUT2D eigenvalue weighted by molar-refractivity contribution is 6.07. The smallest absolute Gasteiger partial charge is 0.416 e. The molecule has 2 aliphatic heterocycles. The molecule has 0 radical (unpaired) electrons. The maximum Gasteiger partial charge on any atom is 0.416 e. The van der Waals surface area contributed by atoms with Crippen molar-refractivity contribution < 1.29 is 27.5 Å². The van der Waals surface area contributed by atoms with Crippen LogP contribution in [0.5, 0.6) is 0 Å². The van der Waals surface area contributed by atoms with Crippen LogP contribution in [0.2, 0.25) is 0 Å². The molecule has 0 unspecified atom stereocenters. The van der Waals surface area contributed by atoms with E-state index in [0.717, 1.165) is 31.4 Å². The predicted molar refractivity (Wildman–Crippen MR) is 105 cm³/mol. The summed E-state index contributed by atoms with van der Waals surface area (Å²) in [6.45, 7) is 3.28. The summed E-state index contributed by atoms with van der Waals surface area (Å²) in [6.07, 6.45) is -0.152. The van der Waals surface area contributed by atoms with Crippen molar-refractivity contribution in [1.82, 2.24) is 4.90 Å². The number of carbonyl (C=O) groups is 2. The monoisotopic (exact) mass is 422 g/mol. The van der Waals surface area contributed by atoms with Gasteiger partial charge in [0.1, 0.15) is 5.60 Å². The van der Waals surface area contributed by atoms with Crippen molar-refractivity contribution in [3.8, 4) is 0 Å². The largest absolute Gasteiger partial charge is 0.451 e. The SMILES string of the molecule is CC1=C(C(=O)N2CCN(c3cccc(C(F)(F)F)c3)CC2)C2(CCCCC2)OC1=O. The zero-order chi connectivity index (χ0) is 21.5. The number of hydrogen-bond acceptors (Lipinski definition) is 4. The predicted octanol–water partition coefficient (Wildman–Crippen LogP) is 3.93. The molecule has 2 fully saturated rings. The summed E-state index contributed by atoms with van der Waals surface area (Å²) < 4.78 is 44.7. The molecule has 0 N–H and O–H groups in total. The van der Waals surface area contributed by atoms with Gasteiger partial charge in [-0.05, 0) is 50.8 Å². The van der Waals surface area contributed by atoms with E-state index in [0.29, 0.717) is 55.9 Å². The van der Waals surface area contributed by atoms with Gasteiger partial charge in [-0.25, -0.2) is 4.79 Å². The Kier molecular flexibility index (Phi) is 5.28. The van der Waals surface area contributed by atoms with Gasteiger partial charge in [0.05, 0.1) is 11.1 Å². The standard InChI is InChI=1S/C22H25F3N2O3/c1-15-18(21(30-20(15)29)8-3-2-4-9-21)19(28)27-12-10-26(11-13-27)17-7-5-6-16(14-17)22(23,24)25/h5-7,14H,2-4,8-13H2,1H3. The second-order valence-electron chi connectivity index (χ2n) is 8.27. The van der Waals surface area contributed by atoms with Crippen LogP contribution in [0.4, 0.5) is 18.9 Å². The first-order chi connectivity index (χ1) is 14.2. The van der Waals surface area contributed by atoms with E-state index in [-0.39, 0.29) is 5.91 Å². The van der Waals surface area contributed by atoms with Crippen LogP contribution in [0.15, 0.2) is 35.4 Å². The number of piperazine rings is 1. The van der Waals surface area contributed by atoms with Crippen LogP contribution in [0.1, 0.15) is 44.6 Å². The first-order valence-electron chi connectivity index (χ1n) is 10.4. The second-order valence-corrected chi connectivity index (χ2v) is 8.27. The molecule has 0 atom stereocenters. The summed E-state index contributed by atoms with van der Waals surface area (Å²) in [4.78, 5) is 29.1. The van der Waals surface area contributed by atoms with Crippen molar-refractivity contribution in [3.05, 3.63) is 41.0 Å². The van der Waals surface area contributed by atoms with E-state index in [1.165, 1.54) is 6.07 Å². The normalized spacial score (nSPS) is 21.9. The van der Waals surface area contributed by atoms with Gasteiger partial charge in [0.15, 0.2) is 0 Å². The van der Waals surface area contributed by atoms with E-state index in [1.807, 2.05) is 4.90 Å². The highest BCUT2D eigenvalue weighted by Gasteiger charge is 2.50. The van der Waals surface area contributed by atoms with Crippen LogP contribution in [0.3, 0.4) is 0 Å². The summed E-state index contributed by atoms with van der Waals surface area (Å²) in [5, 5.41) is 0. The van der Waals surface area contributed by atoms with Crippen LogP contribution >= 0.6 is 0 Å². The third-order valence-corrected chi connectivity index (χ3v) is 6.41. The maximum atomic E-state index is 13.3. The van der Waals surface area contributed by atoms with Gasteiger partial charge in [0.2, 0.25) is 0 Å². The zero-order valence-electron chi connectivity index (χ0n) is 16.9. The molecule has 0 bridgehead atoms. The number of esters is 1. The zero-order valence-corrected chi connectivity index (χ0v) is 16.9. The summed E-state index contributed by atoms with van der Waals surface area (Å²) in [6, 6.07) is 5.25. The Morgan fingerprint density at radius 3 is 2.37 bits per heavy atom. The molecule has 2 heterocycles. The van der Waals surface area contributed by atoms with Gasteiger partial charge in [-0.1, -0.05) is 12.5 Å². The highest BCUT2D eigenvalue weighted by atomic mass is 19.4. The molecule has 3 aliphatic rings. The molecule has 0 aromatic heterocycles. The third kappa shape index (κ3) is 3.68. The van der Waals surface area contributed by atoms with Crippen LogP contribution in [-0.4, -0.2) is 48.6 Å². The van der Waals surface area contributed by atoms with Crippen molar-refractivity contribution >= 4 is 17.6 Å². The number of hydrogen-bond donors (Lipinski definition) is 0. The van der Waals surface area contributed by atoms with E-state index in [1.54, 1.807) is 17.9 Å². The van der Waals surface area contributed by atoms with Crippen molar-refractivity contribution in [2.24, 2.45) is 0 Å². The fourth-order valence-corrected chi connectivity index (χ4v) is 4.78. The Morgan fingerprint density at radius 1 is 1.07 bits per heavy atom. The molecule has 162 valence electrons. The molecule has 5 nitrogen and oxygen atoms in total. The molecular formula is C22H25F3N2O3. The number of alkyl halides is 3. The lowest BCUT2D eigenvalue weighted by Crippen LogP contribution is -2.51. The van der Waals surface area contributed by atoms with Gasteiger partial charge in [-0.2, -0.15) is 13.2 Å². The topological polar surface area (TPSA) is 49.9 Å². The molecule has 8 heteroatoms. The van der Waals surface area contributed by atoms with Gasteiger partial charge >= 0.3 is 12.1 Å². The molecule has 1 amide bonds. The van der Waals surface area contributed by atoms with E-state index in [4.69, 9.17) is 4.74 Å². The molecule has 1 aliphatic carbocycles. The van der Waals surface area contributed by atoms with E-state index in [9.17, 15) is 22.8 Å².